The van der Waals surface area contributed by atoms with E-state index < -0.39 is 17.8 Å². The van der Waals surface area contributed by atoms with Gasteiger partial charge in [-0.05, 0) is 37.0 Å². The van der Waals surface area contributed by atoms with Crippen molar-refractivity contribution in [3.63, 3.8) is 0 Å². The van der Waals surface area contributed by atoms with Gasteiger partial charge >= 0.3 is 12.0 Å². The average molecular weight is 282 g/mol. The van der Waals surface area contributed by atoms with Crippen LogP contribution >= 0.6 is 0 Å². The van der Waals surface area contributed by atoms with E-state index in [1.54, 1.807) is 6.07 Å². The molecular weight excluding hydrogens is 263 g/mol. The number of amides is 2. The molecule has 0 spiro atoms. The number of nitrogens with one attached hydrogen (secondary N) is 2. The molecule has 1 rings (SSSR count). The van der Waals surface area contributed by atoms with Crippen LogP contribution < -0.4 is 10.6 Å². The zero-order chi connectivity index (χ0) is 15.0. The molecular formula is C14H19FN2O3. The molecule has 1 atom stereocenters. The summed E-state index contributed by atoms with van der Waals surface area (Å²) in [6.45, 7) is 2.39. The predicted octanol–water partition coefficient (Wildman–Crippen LogP) is 2.84. The molecule has 2 amide bonds. The maximum atomic E-state index is 12.9. The summed E-state index contributed by atoms with van der Waals surface area (Å²) in [6.07, 6.45) is 1.42. The van der Waals surface area contributed by atoms with Crippen molar-refractivity contribution in [1.29, 1.82) is 0 Å². The third kappa shape index (κ3) is 6.72. The summed E-state index contributed by atoms with van der Waals surface area (Å²) in [5, 5.41) is 13.7. The molecule has 0 radical (unpaired) electrons. The monoisotopic (exact) mass is 282 g/mol. The fraction of sp³-hybridized carbons (Fsp3) is 0.429. The van der Waals surface area contributed by atoms with Gasteiger partial charge in [-0.2, -0.15) is 0 Å². The highest BCUT2D eigenvalue weighted by atomic mass is 19.1. The Labute approximate surface area is 117 Å². The van der Waals surface area contributed by atoms with Gasteiger partial charge in [0.05, 0.1) is 0 Å². The molecule has 1 aromatic rings. The third-order valence-corrected chi connectivity index (χ3v) is 2.86. The zero-order valence-electron chi connectivity index (χ0n) is 11.4. The lowest BCUT2D eigenvalue weighted by molar-refractivity contribution is -0.137. The molecule has 3 N–H and O–H groups in total. The second kappa shape index (κ2) is 8.14. The minimum atomic E-state index is -0.811. The molecule has 1 aromatic carbocycles. The molecule has 20 heavy (non-hydrogen) atoms. The number of hydrogen-bond donors (Lipinski definition) is 3. The van der Waals surface area contributed by atoms with Gasteiger partial charge in [0.15, 0.2) is 0 Å². The minimum absolute atomic E-state index is 0.136. The number of carbonyl (C=O) groups is 2. The summed E-state index contributed by atoms with van der Waals surface area (Å²) in [6, 6.07) is 5.24. The van der Waals surface area contributed by atoms with Gasteiger partial charge in [0, 0.05) is 18.7 Å². The van der Waals surface area contributed by atoms with Crippen LogP contribution in [0.3, 0.4) is 0 Å². The van der Waals surface area contributed by atoms with Gasteiger partial charge in [0.25, 0.3) is 0 Å². The van der Waals surface area contributed by atoms with Crippen molar-refractivity contribution >= 4 is 17.7 Å². The van der Waals surface area contributed by atoms with Crippen molar-refractivity contribution in [3.05, 3.63) is 30.1 Å². The lowest BCUT2D eigenvalue weighted by Crippen LogP contribution is -2.30. The summed E-state index contributed by atoms with van der Waals surface area (Å²) in [5.41, 5.74) is 0.390. The molecule has 0 saturated heterocycles. The second-order valence-corrected chi connectivity index (χ2v) is 4.72. The molecule has 5 nitrogen and oxygen atoms in total. The molecule has 0 saturated carbocycles. The van der Waals surface area contributed by atoms with E-state index in [0.717, 1.165) is 0 Å². The van der Waals surface area contributed by atoms with Gasteiger partial charge in [-0.15, -0.1) is 0 Å². The number of aliphatic carboxylic acids is 1. The Kier molecular flexibility index (Phi) is 6.49. The molecule has 0 bridgehead atoms. The Morgan fingerprint density at radius 1 is 1.35 bits per heavy atom. The molecule has 0 aromatic heterocycles. The van der Waals surface area contributed by atoms with Crippen LogP contribution in [0.1, 0.15) is 26.2 Å². The molecule has 0 fully saturated rings. The second-order valence-electron chi connectivity index (χ2n) is 4.72. The van der Waals surface area contributed by atoms with Crippen LogP contribution in [0.4, 0.5) is 14.9 Å². The maximum absolute atomic E-state index is 12.9. The first kappa shape index (κ1) is 15.9. The van der Waals surface area contributed by atoms with Gasteiger partial charge in [0.1, 0.15) is 5.82 Å². The largest absolute Gasteiger partial charge is 0.481 e. The number of urea groups is 1. The van der Waals surface area contributed by atoms with Crippen LogP contribution in [0.15, 0.2) is 24.3 Å². The highest BCUT2D eigenvalue weighted by Gasteiger charge is 2.07. The minimum Gasteiger partial charge on any atom is -0.481 e. The smallest absolute Gasteiger partial charge is 0.319 e. The zero-order valence-corrected chi connectivity index (χ0v) is 11.4. The summed E-state index contributed by atoms with van der Waals surface area (Å²) in [5.74, 6) is -1.00. The molecule has 0 aliphatic rings. The molecule has 6 heteroatoms. The Morgan fingerprint density at radius 2 is 2.10 bits per heavy atom. The highest BCUT2D eigenvalue weighted by Crippen LogP contribution is 2.10. The van der Waals surface area contributed by atoms with Gasteiger partial charge in [-0.1, -0.05) is 13.0 Å². The van der Waals surface area contributed by atoms with E-state index >= 15 is 0 Å². The quantitative estimate of drug-likeness (QED) is 0.719. The summed E-state index contributed by atoms with van der Waals surface area (Å²) >= 11 is 0. The SMILES string of the molecule is CC(CCNC(=O)Nc1cccc(F)c1)CCC(=O)O. The lowest BCUT2D eigenvalue weighted by Gasteiger charge is -2.11. The number of hydrogen-bond acceptors (Lipinski definition) is 2. The van der Waals surface area contributed by atoms with Crippen molar-refractivity contribution in [2.24, 2.45) is 5.92 Å². The van der Waals surface area contributed by atoms with Crippen LogP contribution in [-0.2, 0) is 4.79 Å². The molecule has 1 unspecified atom stereocenters. The number of carboxylic acid groups (broad SMARTS) is 1. The van der Waals surface area contributed by atoms with Gasteiger partial charge < -0.3 is 15.7 Å². The number of benzene rings is 1. The van der Waals surface area contributed by atoms with Crippen LogP contribution in [0.25, 0.3) is 0 Å². The first-order valence-electron chi connectivity index (χ1n) is 6.49. The van der Waals surface area contributed by atoms with E-state index in [1.165, 1.54) is 18.2 Å². The Balaban J connectivity index is 2.21. The van der Waals surface area contributed by atoms with Crippen LogP contribution in [-0.4, -0.2) is 23.7 Å². The molecule has 0 heterocycles. The number of carboxylic acids is 1. The topological polar surface area (TPSA) is 78.4 Å². The Morgan fingerprint density at radius 3 is 2.75 bits per heavy atom. The van der Waals surface area contributed by atoms with E-state index in [0.29, 0.717) is 25.1 Å². The van der Waals surface area contributed by atoms with Crippen molar-refractivity contribution in [2.75, 3.05) is 11.9 Å². The van der Waals surface area contributed by atoms with E-state index in [9.17, 15) is 14.0 Å². The number of carbonyl (C=O) groups excluding carboxylic acids is 1. The van der Waals surface area contributed by atoms with Crippen molar-refractivity contribution in [1.82, 2.24) is 5.32 Å². The highest BCUT2D eigenvalue weighted by molar-refractivity contribution is 5.89. The van der Waals surface area contributed by atoms with Crippen molar-refractivity contribution < 1.29 is 19.1 Å². The van der Waals surface area contributed by atoms with E-state index in [2.05, 4.69) is 10.6 Å². The van der Waals surface area contributed by atoms with E-state index in [-0.39, 0.29) is 12.3 Å². The van der Waals surface area contributed by atoms with Crippen LogP contribution in [0.5, 0.6) is 0 Å². The van der Waals surface area contributed by atoms with E-state index in [4.69, 9.17) is 5.11 Å². The van der Waals surface area contributed by atoms with Crippen LogP contribution in [0.2, 0.25) is 0 Å². The Hall–Kier alpha value is -2.11. The summed E-state index contributed by atoms with van der Waals surface area (Å²) in [4.78, 5) is 21.9. The standard InChI is InChI=1S/C14H19FN2O3/c1-10(5-6-13(18)19)7-8-16-14(20)17-12-4-2-3-11(15)9-12/h2-4,9-10H,5-8H2,1H3,(H,18,19)(H2,16,17,20). The summed E-state index contributed by atoms with van der Waals surface area (Å²) < 4.78 is 12.9. The number of anilines is 1. The van der Waals surface area contributed by atoms with Gasteiger partial charge in [0.2, 0.25) is 0 Å². The molecule has 0 aliphatic carbocycles. The predicted molar refractivity (Wildman–Crippen MR) is 74.1 cm³/mol. The third-order valence-electron chi connectivity index (χ3n) is 2.86. The van der Waals surface area contributed by atoms with E-state index in [1.807, 2.05) is 6.92 Å². The first-order valence-corrected chi connectivity index (χ1v) is 6.49. The maximum Gasteiger partial charge on any atom is 0.319 e. The average Bonchev–Trinajstić information content (AvgIpc) is 2.36. The summed E-state index contributed by atoms with van der Waals surface area (Å²) in [7, 11) is 0. The lowest BCUT2D eigenvalue weighted by atomic mass is 10.0. The fourth-order valence-electron chi connectivity index (χ4n) is 1.69. The van der Waals surface area contributed by atoms with Crippen molar-refractivity contribution in [3.8, 4) is 0 Å². The van der Waals surface area contributed by atoms with Crippen molar-refractivity contribution in [2.45, 2.75) is 26.2 Å². The number of rotatable bonds is 7. The first-order chi connectivity index (χ1) is 9.47. The number of halogens is 1. The van der Waals surface area contributed by atoms with Gasteiger partial charge in [-0.3, -0.25) is 4.79 Å². The fourth-order valence-corrected chi connectivity index (χ4v) is 1.69. The van der Waals surface area contributed by atoms with Crippen LogP contribution in [0, 0.1) is 11.7 Å². The molecule has 110 valence electrons. The normalized spacial score (nSPS) is 11.7. The Bertz CT molecular complexity index is 465. The molecule has 0 aliphatic heterocycles. The van der Waals surface area contributed by atoms with Gasteiger partial charge in [-0.25, -0.2) is 9.18 Å².